The Hall–Kier alpha value is -3.61. The van der Waals surface area contributed by atoms with Gasteiger partial charge in [-0.05, 0) is 72.5 Å². The third kappa shape index (κ3) is 7.08. The van der Waals surface area contributed by atoms with Crippen LogP contribution in [0.4, 0.5) is 0 Å². The topological polar surface area (TPSA) is 88.5 Å². The highest BCUT2D eigenvalue weighted by Crippen LogP contribution is 2.41. The van der Waals surface area contributed by atoms with Gasteiger partial charge < -0.3 is 15.2 Å². The summed E-state index contributed by atoms with van der Waals surface area (Å²) in [4.78, 5) is 27.8. The number of fused-ring (bicyclic) bond motifs is 1. The number of ether oxygens (including phenoxy) is 1. The first kappa shape index (κ1) is 28.4. The van der Waals surface area contributed by atoms with Crippen molar-refractivity contribution in [2.45, 2.75) is 45.1 Å². The highest BCUT2D eigenvalue weighted by Gasteiger charge is 2.27. The van der Waals surface area contributed by atoms with Crippen LogP contribution in [0.1, 0.15) is 65.3 Å². The zero-order chi connectivity index (χ0) is 27.9. The molecule has 0 saturated heterocycles. The van der Waals surface area contributed by atoms with Gasteiger partial charge in [-0.15, -0.1) is 0 Å². The summed E-state index contributed by atoms with van der Waals surface area (Å²) in [5.41, 5.74) is 4.25. The fraction of sp³-hybridized carbons (Fsp3) is 0.258. The molecule has 0 unspecified atom stereocenters. The second kappa shape index (κ2) is 13.0. The molecule has 3 aromatic carbocycles. The van der Waals surface area contributed by atoms with E-state index in [1.807, 2.05) is 61.5 Å². The van der Waals surface area contributed by atoms with E-state index in [-0.39, 0.29) is 30.9 Å². The predicted molar refractivity (Wildman–Crippen MR) is 155 cm³/mol. The maximum absolute atomic E-state index is 12.5. The van der Waals surface area contributed by atoms with E-state index in [2.05, 4.69) is 17.2 Å². The number of halogens is 2. The van der Waals surface area contributed by atoms with Gasteiger partial charge in [-0.2, -0.15) is 0 Å². The number of carboxylic acids is 1. The number of aryl methyl sites for hydroxylation is 1. The van der Waals surface area contributed by atoms with Crippen LogP contribution in [0.5, 0.6) is 5.75 Å². The molecule has 1 aromatic heterocycles. The molecule has 4 rings (SSSR count). The summed E-state index contributed by atoms with van der Waals surface area (Å²) in [5.74, 6) is -0.624. The van der Waals surface area contributed by atoms with Crippen molar-refractivity contribution in [3.05, 3.63) is 105 Å². The highest BCUT2D eigenvalue weighted by atomic mass is 35.5. The second-order valence-corrected chi connectivity index (χ2v) is 10.3. The van der Waals surface area contributed by atoms with Crippen LogP contribution in [0.2, 0.25) is 10.0 Å². The van der Waals surface area contributed by atoms with E-state index in [1.54, 1.807) is 18.3 Å². The number of aliphatic carboxylic acids is 1. The molecule has 0 bridgehead atoms. The summed E-state index contributed by atoms with van der Waals surface area (Å²) in [5, 5.41) is 13.6. The Kier molecular flexibility index (Phi) is 9.44. The lowest BCUT2D eigenvalue weighted by Gasteiger charge is -2.29. The van der Waals surface area contributed by atoms with Crippen LogP contribution in [0.3, 0.4) is 0 Å². The van der Waals surface area contributed by atoms with E-state index in [0.29, 0.717) is 21.4 Å². The van der Waals surface area contributed by atoms with E-state index in [1.165, 1.54) is 0 Å². The van der Waals surface area contributed by atoms with Crippen LogP contribution in [0, 0.1) is 6.92 Å². The summed E-state index contributed by atoms with van der Waals surface area (Å²) < 4.78 is 6.81. The van der Waals surface area contributed by atoms with E-state index in [0.717, 1.165) is 40.4 Å². The molecule has 39 heavy (non-hydrogen) atoms. The molecular weight excluding hydrogens is 535 g/mol. The molecule has 2 N–H and O–H groups in total. The van der Waals surface area contributed by atoms with Gasteiger partial charge in [0.2, 0.25) is 0 Å². The Bertz CT molecular complexity index is 1460. The lowest BCUT2D eigenvalue weighted by atomic mass is 9.85. The second-order valence-electron chi connectivity index (χ2n) is 9.43. The number of hydrogen-bond donors (Lipinski definition) is 2. The van der Waals surface area contributed by atoms with Crippen LogP contribution < -0.4 is 10.1 Å². The number of benzene rings is 3. The summed E-state index contributed by atoms with van der Waals surface area (Å²) in [6.45, 7) is 4.17. The van der Waals surface area contributed by atoms with Crippen LogP contribution >= 0.6 is 23.2 Å². The number of nitrogens with one attached hydrogen (secondary N) is 1. The maximum Gasteiger partial charge on any atom is 0.305 e. The highest BCUT2D eigenvalue weighted by molar-refractivity contribution is 6.31. The van der Waals surface area contributed by atoms with Gasteiger partial charge in [0, 0.05) is 39.7 Å². The van der Waals surface area contributed by atoms with Crippen molar-refractivity contribution in [2.75, 3.05) is 6.54 Å². The summed E-state index contributed by atoms with van der Waals surface area (Å²) in [7, 11) is 0. The molecule has 4 aromatic rings. The van der Waals surface area contributed by atoms with Crippen molar-refractivity contribution in [1.82, 2.24) is 10.3 Å². The number of carboxylic acid groups (broad SMARTS) is 1. The number of hydrogen-bond acceptors (Lipinski definition) is 4. The lowest BCUT2D eigenvalue weighted by molar-refractivity contribution is -0.136. The average Bonchev–Trinajstić information content (AvgIpc) is 2.91. The normalized spacial score (nSPS) is 12.6. The minimum Gasteiger partial charge on any atom is -0.484 e. The van der Waals surface area contributed by atoms with Crippen molar-refractivity contribution in [2.24, 2.45) is 0 Å². The fourth-order valence-electron chi connectivity index (χ4n) is 4.71. The van der Waals surface area contributed by atoms with Gasteiger partial charge in [0.15, 0.2) is 0 Å². The molecule has 0 aliphatic heterocycles. The maximum atomic E-state index is 12.5. The lowest BCUT2D eigenvalue weighted by Crippen LogP contribution is -2.26. The number of carbonyl (C=O) groups is 2. The number of pyridine rings is 1. The smallest absolute Gasteiger partial charge is 0.305 e. The Morgan fingerprint density at radius 1 is 0.974 bits per heavy atom. The van der Waals surface area contributed by atoms with Gasteiger partial charge in [0.25, 0.3) is 5.91 Å². The number of rotatable bonds is 11. The predicted octanol–water partition coefficient (Wildman–Crippen LogP) is 7.76. The molecule has 0 radical (unpaired) electrons. The SMILES string of the molecule is CCC[C@H](c1ccc(C(=O)NCCC(=O)O)cc1)[C@@H](Oc1ccnc2c(C)cc(Cl)cc12)c1ccc(Cl)cc1. The molecule has 0 aliphatic rings. The van der Waals surface area contributed by atoms with E-state index < -0.39 is 5.97 Å². The zero-order valence-electron chi connectivity index (χ0n) is 21.8. The number of carbonyl (C=O) groups excluding carboxylic acids is 1. The van der Waals surface area contributed by atoms with Crippen LogP contribution in [0.15, 0.2) is 72.9 Å². The van der Waals surface area contributed by atoms with Crippen molar-refractivity contribution >= 4 is 46.0 Å². The Balaban J connectivity index is 1.71. The van der Waals surface area contributed by atoms with Gasteiger partial charge in [0.05, 0.1) is 11.9 Å². The van der Waals surface area contributed by atoms with Crippen LogP contribution in [0.25, 0.3) is 10.9 Å². The number of amides is 1. The van der Waals surface area contributed by atoms with Crippen molar-refractivity contribution in [1.29, 1.82) is 0 Å². The number of aromatic nitrogens is 1. The molecule has 1 amide bonds. The molecule has 0 fully saturated rings. The molecule has 0 spiro atoms. The fourth-order valence-corrected chi connectivity index (χ4v) is 5.11. The molecule has 0 aliphatic carbocycles. The van der Waals surface area contributed by atoms with Gasteiger partial charge in [-0.25, -0.2) is 0 Å². The third-order valence-electron chi connectivity index (χ3n) is 6.60. The van der Waals surface area contributed by atoms with Gasteiger partial charge >= 0.3 is 5.97 Å². The molecular formula is C31H30Cl2N2O4. The van der Waals surface area contributed by atoms with Crippen molar-refractivity contribution in [3.8, 4) is 5.75 Å². The minimum atomic E-state index is -0.958. The van der Waals surface area contributed by atoms with Crippen molar-refractivity contribution in [3.63, 3.8) is 0 Å². The van der Waals surface area contributed by atoms with E-state index in [9.17, 15) is 9.59 Å². The molecule has 202 valence electrons. The monoisotopic (exact) mass is 564 g/mol. The molecule has 8 heteroatoms. The third-order valence-corrected chi connectivity index (χ3v) is 7.07. The molecule has 0 saturated carbocycles. The Labute approximate surface area is 237 Å². The van der Waals surface area contributed by atoms with E-state index in [4.69, 9.17) is 33.0 Å². The van der Waals surface area contributed by atoms with Crippen molar-refractivity contribution < 1.29 is 19.4 Å². The molecule has 1 heterocycles. The Morgan fingerprint density at radius 3 is 2.33 bits per heavy atom. The van der Waals surface area contributed by atoms with Gasteiger partial charge in [0.1, 0.15) is 11.9 Å². The standard InChI is InChI=1S/C31H30Cl2N2O4/c1-3-4-25(20-5-7-22(8-6-20)31(38)35-16-14-28(36)37)30(21-9-11-23(32)12-10-21)39-27-13-15-34-29-19(2)17-24(33)18-26(27)29/h5-13,15,17-18,25,30H,3-4,14,16H2,1-2H3,(H,35,38)(H,36,37)/t25-,30+/m1/s1. The van der Waals surface area contributed by atoms with E-state index >= 15 is 0 Å². The zero-order valence-corrected chi connectivity index (χ0v) is 23.3. The van der Waals surface area contributed by atoms with Crippen LogP contribution in [-0.2, 0) is 4.79 Å². The summed E-state index contributed by atoms with van der Waals surface area (Å²) in [6, 6.07) is 20.7. The minimum absolute atomic E-state index is 0.0382. The summed E-state index contributed by atoms with van der Waals surface area (Å²) >= 11 is 12.6. The Morgan fingerprint density at radius 2 is 1.67 bits per heavy atom. The van der Waals surface area contributed by atoms with Crippen LogP contribution in [-0.4, -0.2) is 28.5 Å². The van der Waals surface area contributed by atoms with Gasteiger partial charge in [-0.3, -0.25) is 14.6 Å². The first-order valence-corrected chi connectivity index (χ1v) is 13.6. The molecule has 6 nitrogen and oxygen atoms in total. The molecule has 2 atom stereocenters. The largest absolute Gasteiger partial charge is 0.484 e. The average molecular weight is 565 g/mol. The first-order chi connectivity index (χ1) is 18.8. The quantitative estimate of drug-likeness (QED) is 0.194. The summed E-state index contributed by atoms with van der Waals surface area (Å²) in [6.07, 6.45) is 3.00. The number of nitrogens with zero attached hydrogens (tertiary/aromatic N) is 1. The van der Waals surface area contributed by atoms with Gasteiger partial charge in [-0.1, -0.05) is 60.8 Å². The first-order valence-electron chi connectivity index (χ1n) is 12.8.